The lowest BCUT2D eigenvalue weighted by Crippen LogP contribution is -2.37. The third-order valence-corrected chi connectivity index (χ3v) is 2.64. The Morgan fingerprint density at radius 3 is 2.12 bits per heavy atom. The molecular formula is C11H21NO5. The van der Waals surface area contributed by atoms with Gasteiger partial charge in [0, 0.05) is 25.1 Å². The zero-order valence-electron chi connectivity index (χ0n) is 10.8. The van der Waals surface area contributed by atoms with E-state index in [1.807, 2.05) is 13.8 Å². The zero-order valence-corrected chi connectivity index (χ0v) is 10.8. The number of nitro groups is 1. The van der Waals surface area contributed by atoms with Crippen LogP contribution in [-0.2, 0) is 14.3 Å². The molecule has 2 atom stereocenters. The molecule has 100 valence electrons. The number of carbonyl (C=O) groups excluding carboxylic acids is 1. The highest BCUT2D eigenvalue weighted by Gasteiger charge is 2.34. The zero-order chi connectivity index (χ0) is 13.4. The van der Waals surface area contributed by atoms with Crippen molar-refractivity contribution in [1.82, 2.24) is 0 Å². The molecule has 0 aliphatic heterocycles. The summed E-state index contributed by atoms with van der Waals surface area (Å²) in [5, 5.41) is 10.6. The molecule has 0 radical (unpaired) electrons. The van der Waals surface area contributed by atoms with Crippen LogP contribution >= 0.6 is 0 Å². The molecule has 0 aliphatic carbocycles. The van der Waals surface area contributed by atoms with Gasteiger partial charge >= 0.3 is 0 Å². The Morgan fingerprint density at radius 2 is 1.82 bits per heavy atom. The van der Waals surface area contributed by atoms with E-state index in [1.54, 1.807) is 0 Å². The average molecular weight is 247 g/mol. The van der Waals surface area contributed by atoms with Gasteiger partial charge in [0.25, 0.3) is 0 Å². The van der Waals surface area contributed by atoms with E-state index in [0.717, 1.165) is 6.29 Å². The standard InChI is InChI=1S/C11H21NO5/c1-8(2)5-9(7-13)10(6-12(14)15)11(16-3)17-4/h7-11H,5-6H2,1-4H3/t9-,10-/m0/s1. The van der Waals surface area contributed by atoms with E-state index in [4.69, 9.17) is 9.47 Å². The Labute approximate surface area is 101 Å². The van der Waals surface area contributed by atoms with Crippen molar-refractivity contribution in [2.75, 3.05) is 20.8 Å². The van der Waals surface area contributed by atoms with Crippen molar-refractivity contribution >= 4 is 6.29 Å². The van der Waals surface area contributed by atoms with E-state index in [0.29, 0.717) is 6.42 Å². The van der Waals surface area contributed by atoms with Crippen LogP contribution in [0, 0.1) is 27.9 Å². The van der Waals surface area contributed by atoms with Gasteiger partial charge in [0.2, 0.25) is 6.54 Å². The second-order valence-electron chi connectivity index (χ2n) is 4.45. The fourth-order valence-corrected chi connectivity index (χ4v) is 1.92. The molecule has 0 aromatic heterocycles. The molecule has 0 aromatic rings. The largest absolute Gasteiger partial charge is 0.355 e. The summed E-state index contributed by atoms with van der Waals surface area (Å²) in [5.41, 5.74) is 0. The highest BCUT2D eigenvalue weighted by Crippen LogP contribution is 2.24. The summed E-state index contributed by atoms with van der Waals surface area (Å²) in [4.78, 5) is 21.3. The lowest BCUT2D eigenvalue weighted by Gasteiger charge is -2.26. The van der Waals surface area contributed by atoms with Gasteiger partial charge in [0.1, 0.15) is 6.29 Å². The molecule has 0 aliphatic rings. The Bertz CT molecular complexity index is 240. The molecular weight excluding hydrogens is 226 g/mol. The molecule has 0 amide bonds. The van der Waals surface area contributed by atoms with Crippen LogP contribution in [0.25, 0.3) is 0 Å². The lowest BCUT2D eigenvalue weighted by molar-refractivity contribution is -0.495. The van der Waals surface area contributed by atoms with Crippen molar-refractivity contribution in [2.45, 2.75) is 26.6 Å². The van der Waals surface area contributed by atoms with Crippen molar-refractivity contribution in [3.63, 3.8) is 0 Å². The Morgan fingerprint density at radius 1 is 1.29 bits per heavy atom. The molecule has 17 heavy (non-hydrogen) atoms. The average Bonchev–Trinajstić information content (AvgIpc) is 2.25. The maximum absolute atomic E-state index is 11.1. The van der Waals surface area contributed by atoms with Gasteiger partial charge in [-0.2, -0.15) is 0 Å². The third-order valence-electron chi connectivity index (χ3n) is 2.64. The van der Waals surface area contributed by atoms with Crippen molar-refractivity contribution in [3.05, 3.63) is 10.1 Å². The van der Waals surface area contributed by atoms with Crippen LogP contribution in [0.15, 0.2) is 0 Å². The van der Waals surface area contributed by atoms with Crippen LogP contribution in [0.2, 0.25) is 0 Å². The predicted octanol–water partition coefficient (Wildman–Crippen LogP) is 1.36. The van der Waals surface area contributed by atoms with E-state index >= 15 is 0 Å². The highest BCUT2D eigenvalue weighted by molar-refractivity contribution is 5.54. The number of nitrogens with zero attached hydrogens (tertiary/aromatic N) is 1. The van der Waals surface area contributed by atoms with Crippen LogP contribution in [-0.4, -0.2) is 38.3 Å². The molecule has 0 heterocycles. The van der Waals surface area contributed by atoms with Crippen molar-refractivity contribution in [2.24, 2.45) is 17.8 Å². The maximum Gasteiger partial charge on any atom is 0.212 e. The third kappa shape index (κ3) is 5.74. The van der Waals surface area contributed by atoms with Gasteiger partial charge < -0.3 is 14.3 Å². The number of methoxy groups -OCH3 is 2. The molecule has 0 fully saturated rings. The van der Waals surface area contributed by atoms with Crippen molar-refractivity contribution in [3.8, 4) is 0 Å². The van der Waals surface area contributed by atoms with Crippen molar-refractivity contribution in [1.29, 1.82) is 0 Å². The molecule has 0 aromatic carbocycles. The number of hydrogen-bond donors (Lipinski definition) is 0. The molecule has 0 bridgehead atoms. The molecule has 0 spiro atoms. The van der Waals surface area contributed by atoms with Crippen LogP contribution in [0.5, 0.6) is 0 Å². The SMILES string of the molecule is COC(OC)[C@@H](C[N+](=O)[O-])[C@H](C=O)CC(C)C. The Balaban J connectivity index is 4.83. The summed E-state index contributed by atoms with van der Waals surface area (Å²) in [6, 6.07) is 0. The summed E-state index contributed by atoms with van der Waals surface area (Å²) >= 11 is 0. The number of rotatable bonds is 9. The van der Waals surface area contributed by atoms with Gasteiger partial charge in [-0.3, -0.25) is 10.1 Å². The fraction of sp³-hybridized carbons (Fsp3) is 0.909. The minimum atomic E-state index is -0.727. The number of hydrogen-bond acceptors (Lipinski definition) is 5. The fourth-order valence-electron chi connectivity index (χ4n) is 1.92. The Hall–Kier alpha value is -1.01. The topological polar surface area (TPSA) is 78.7 Å². The summed E-state index contributed by atoms with van der Waals surface area (Å²) in [6.45, 7) is 3.60. The molecule has 6 nitrogen and oxygen atoms in total. The second kappa shape index (κ2) is 8.14. The number of aldehydes is 1. The predicted molar refractivity (Wildman–Crippen MR) is 62.2 cm³/mol. The van der Waals surface area contributed by atoms with E-state index in [1.165, 1.54) is 14.2 Å². The van der Waals surface area contributed by atoms with Gasteiger partial charge in [-0.25, -0.2) is 0 Å². The first-order valence-electron chi connectivity index (χ1n) is 5.58. The summed E-state index contributed by atoms with van der Waals surface area (Å²) in [5.74, 6) is -0.695. The Kier molecular flexibility index (Phi) is 7.65. The van der Waals surface area contributed by atoms with Gasteiger partial charge in [0.05, 0.1) is 5.92 Å². The molecule has 0 saturated carbocycles. The maximum atomic E-state index is 11.1. The van der Waals surface area contributed by atoms with Crippen LogP contribution in [0.1, 0.15) is 20.3 Å². The smallest absolute Gasteiger partial charge is 0.212 e. The number of carbonyl (C=O) groups is 1. The number of ether oxygens (including phenoxy) is 2. The summed E-state index contributed by atoms with van der Waals surface area (Å²) in [6.07, 6.45) is 0.624. The van der Waals surface area contributed by atoms with E-state index in [-0.39, 0.29) is 12.5 Å². The van der Waals surface area contributed by atoms with E-state index < -0.39 is 23.0 Å². The summed E-state index contributed by atoms with van der Waals surface area (Å²) < 4.78 is 10.1. The second-order valence-corrected chi connectivity index (χ2v) is 4.45. The normalized spacial score (nSPS) is 14.9. The van der Waals surface area contributed by atoms with Gasteiger partial charge in [0.15, 0.2) is 6.29 Å². The molecule has 0 rings (SSSR count). The molecule has 0 unspecified atom stereocenters. The highest BCUT2D eigenvalue weighted by atomic mass is 16.7. The first-order chi connectivity index (χ1) is 7.96. The quantitative estimate of drug-likeness (QED) is 0.266. The van der Waals surface area contributed by atoms with Crippen LogP contribution < -0.4 is 0 Å². The first kappa shape index (κ1) is 16.0. The van der Waals surface area contributed by atoms with Crippen molar-refractivity contribution < 1.29 is 19.2 Å². The first-order valence-corrected chi connectivity index (χ1v) is 5.58. The molecule has 0 saturated heterocycles. The monoisotopic (exact) mass is 247 g/mol. The minimum Gasteiger partial charge on any atom is -0.355 e. The van der Waals surface area contributed by atoms with Gasteiger partial charge in [-0.15, -0.1) is 0 Å². The van der Waals surface area contributed by atoms with E-state index in [9.17, 15) is 14.9 Å². The molecule has 0 N–H and O–H groups in total. The van der Waals surface area contributed by atoms with Gasteiger partial charge in [-0.05, 0) is 12.3 Å². The van der Waals surface area contributed by atoms with E-state index in [2.05, 4.69) is 0 Å². The summed E-state index contributed by atoms with van der Waals surface area (Å²) in [7, 11) is 2.83. The molecule has 6 heteroatoms. The van der Waals surface area contributed by atoms with Crippen LogP contribution in [0.3, 0.4) is 0 Å². The van der Waals surface area contributed by atoms with Gasteiger partial charge in [-0.1, -0.05) is 13.8 Å². The van der Waals surface area contributed by atoms with Crippen LogP contribution in [0.4, 0.5) is 0 Å². The minimum absolute atomic E-state index is 0.286. The lowest BCUT2D eigenvalue weighted by atomic mass is 9.86.